The van der Waals surface area contributed by atoms with Gasteiger partial charge in [0, 0.05) is 42.1 Å². The minimum atomic E-state index is -0.799. The molecule has 0 bridgehead atoms. The molecule has 214 valence electrons. The molecule has 0 unspecified atom stereocenters. The normalized spacial score (nSPS) is 18.5. The molecule has 1 N–H and O–H groups in total. The summed E-state index contributed by atoms with van der Waals surface area (Å²) in [5.41, 5.74) is 3.05. The molecule has 3 aromatic rings. The van der Waals surface area contributed by atoms with E-state index in [1.54, 1.807) is 26.4 Å². The summed E-state index contributed by atoms with van der Waals surface area (Å²) in [5.74, 6) is 0.823. The molecule has 2 aromatic carbocycles. The maximum absolute atomic E-state index is 13.3. The van der Waals surface area contributed by atoms with Crippen LogP contribution in [0.5, 0.6) is 11.5 Å². The molecule has 1 amide bonds. The zero-order chi connectivity index (χ0) is 29.1. The van der Waals surface area contributed by atoms with Crippen molar-refractivity contribution in [3.05, 3.63) is 81.8 Å². The van der Waals surface area contributed by atoms with Crippen LogP contribution in [0.4, 0.5) is 5.82 Å². The van der Waals surface area contributed by atoms with E-state index in [-0.39, 0.29) is 24.7 Å². The first-order valence-corrected chi connectivity index (χ1v) is 14.0. The Bertz CT molecular complexity index is 1490. The van der Waals surface area contributed by atoms with E-state index in [0.29, 0.717) is 54.7 Å². The minimum Gasteiger partial charge on any atom is -0.493 e. The maximum Gasteiger partial charge on any atom is 0.303 e. The van der Waals surface area contributed by atoms with Crippen LogP contribution in [0, 0.1) is 12.5 Å². The van der Waals surface area contributed by atoms with Gasteiger partial charge in [0.2, 0.25) is 11.7 Å². The van der Waals surface area contributed by atoms with E-state index in [9.17, 15) is 9.59 Å². The monoisotopic (exact) mass is 577 g/mol. The number of benzene rings is 2. The second-order valence-electron chi connectivity index (χ2n) is 10.3. The lowest BCUT2D eigenvalue weighted by Gasteiger charge is -2.32. The summed E-state index contributed by atoms with van der Waals surface area (Å²) in [4.78, 5) is 29.9. The highest BCUT2D eigenvalue weighted by molar-refractivity contribution is 6.30. The Morgan fingerprint density at radius 3 is 2.56 bits per heavy atom. The number of aliphatic carboxylic acids is 1. The van der Waals surface area contributed by atoms with E-state index >= 15 is 0 Å². The van der Waals surface area contributed by atoms with Crippen molar-refractivity contribution in [2.75, 3.05) is 27.3 Å². The standard InChI is InChI=1S/C31H32ClN3O6/c1-33-27-11-9-24-25(10-12-28(36)34-15-13-19(14-16-34)17-29(37)38)41-30(21-5-4-6-26(39-2)31(21)40-3)22-18-20(32)7-8-23(22)35(24)27/h4-9,11,18-19,25,30H,10,12-17H2,2-3H3,(H,37,38)/t25-,30-/m1/s1. The topological polar surface area (TPSA) is 94.6 Å². The van der Waals surface area contributed by atoms with Crippen molar-refractivity contribution in [1.29, 1.82) is 0 Å². The van der Waals surface area contributed by atoms with Crippen molar-refractivity contribution in [2.45, 2.75) is 44.3 Å². The number of likely N-dealkylation sites (tertiary alicyclic amines) is 1. The van der Waals surface area contributed by atoms with Crippen molar-refractivity contribution in [3.63, 3.8) is 0 Å². The number of rotatable bonds is 8. The molecule has 0 radical (unpaired) electrons. The van der Waals surface area contributed by atoms with Gasteiger partial charge in [-0.1, -0.05) is 30.3 Å². The third-order valence-electron chi connectivity index (χ3n) is 7.91. The number of halogens is 1. The van der Waals surface area contributed by atoms with Crippen LogP contribution in [-0.4, -0.2) is 53.8 Å². The summed E-state index contributed by atoms with van der Waals surface area (Å²) in [6.07, 6.45) is 0.987. The lowest BCUT2D eigenvalue weighted by Crippen LogP contribution is -2.39. The predicted molar refractivity (Wildman–Crippen MR) is 153 cm³/mol. The highest BCUT2D eigenvalue weighted by Gasteiger charge is 2.36. The Labute approximate surface area is 244 Å². The number of piperidine rings is 1. The van der Waals surface area contributed by atoms with Gasteiger partial charge in [-0.3, -0.25) is 14.2 Å². The third-order valence-corrected chi connectivity index (χ3v) is 8.15. The molecule has 1 saturated heterocycles. The molecule has 41 heavy (non-hydrogen) atoms. The van der Waals surface area contributed by atoms with E-state index < -0.39 is 18.2 Å². The number of nitrogens with zero attached hydrogens (tertiary/aromatic N) is 3. The number of hydrogen-bond donors (Lipinski definition) is 1. The van der Waals surface area contributed by atoms with Crippen LogP contribution in [0.3, 0.4) is 0 Å². The second kappa shape index (κ2) is 12.2. The van der Waals surface area contributed by atoms with E-state index in [0.717, 1.165) is 22.5 Å². The first-order chi connectivity index (χ1) is 19.8. The molecule has 2 aliphatic rings. The van der Waals surface area contributed by atoms with Gasteiger partial charge in [0.15, 0.2) is 11.5 Å². The summed E-state index contributed by atoms with van der Waals surface area (Å²) in [5, 5.41) is 9.63. The van der Waals surface area contributed by atoms with Crippen LogP contribution in [0.1, 0.15) is 61.1 Å². The molecule has 3 heterocycles. The number of fused-ring (bicyclic) bond motifs is 3. The SMILES string of the molecule is [C-]#[N+]c1ccc2n1-c1ccc(Cl)cc1[C@@H](c1cccc(OC)c1OC)O[C@@H]2CCC(=O)N1CCC(CC(=O)O)CC1. The number of carboxylic acids is 1. The Kier molecular flexibility index (Phi) is 8.52. The number of ether oxygens (including phenoxy) is 3. The summed E-state index contributed by atoms with van der Waals surface area (Å²) in [6.45, 7) is 8.92. The molecule has 1 fully saturated rings. The molecule has 2 aliphatic heterocycles. The number of para-hydroxylation sites is 1. The van der Waals surface area contributed by atoms with E-state index in [1.165, 1.54) is 0 Å². The Hall–Kier alpha value is -4.00. The van der Waals surface area contributed by atoms with Crippen LogP contribution in [-0.2, 0) is 14.3 Å². The van der Waals surface area contributed by atoms with Crippen molar-refractivity contribution < 1.29 is 28.9 Å². The number of hydrogen-bond acceptors (Lipinski definition) is 5. The number of carbonyl (C=O) groups excluding carboxylic acids is 1. The molecular weight excluding hydrogens is 546 g/mol. The smallest absolute Gasteiger partial charge is 0.303 e. The molecule has 2 atom stereocenters. The van der Waals surface area contributed by atoms with E-state index in [4.69, 9.17) is 37.5 Å². The second-order valence-corrected chi connectivity index (χ2v) is 10.8. The maximum atomic E-state index is 13.3. The van der Waals surface area contributed by atoms with Gasteiger partial charge in [0.05, 0.1) is 14.2 Å². The molecule has 1 aromatic heterocycles. The number of carbonyl (C=O) groups is 2. The van der Waals surface area contributed by atoms with Gasteiger partial charge in [-0.15, -0.1) is 0 Å². The summed E-state index contributed by atoms with van der Waals surface area (Å²) >= 11 is 6.49. The Balaban J connectivity index is 1.48. The van der Waals surface area contributed by atoms with Gasteiger partial charge in [-0.2, -0.15) is 0 Å². The lowest BCUT2D eigenvalue weighted by atomic mass is 9.93. The van der Waals surface area contributed by atoms with Crippen LogP contribution in [0.2, 0.25) is 5.02 Å². The average Bonchev–Trinajstić information content (AvgIpc) is 3.35. The fraction of sp³-hybridized carbons (Fsp3) is 0.387. The molecule has 5 rings (SSSR count). The van der Waals surface area contributed by atoms with Gasteiger partial charge >= 0.3 is 5.97 Å². The lowest BCUT2D eigenvalue weighted by molar-refractivity contribution is -0.138. The van der Waals surface area contributed by atoms with Crippen molar-refractivity contribution in [3.8, 4) is 17.2 Å². The quantitative estimate of drug-likeness (QED) is 0.313. The fourth-order valence-electron chi connectivity index (χ4n) is 5.91. The predicted octanol–water partition coefficient (Wildman–Crippen LogP) is 6.35. The van der Waals surface area contributed by atoms with Crippen LogP contribution in [0.25, 0.3) is 10.5 Å². The molecular formula is C31H32ClN3O6. The Morgan fingerprint density at radius 1 is 1.10 bits per heavy atom. The fourth-order valence-corrected chi connectivity index (χ4v) is 6.09. The molecule has 0 saturated carbocycles. The van der Waals surface area contributed by atoms with Crippen LogP contribution < -0.4 is 9.47 Å². The Morgan fingerprint density at radius 2 is 1.88 bits per heavy atom. The summed E-state index contributed by atoms with van der Waals surface area (Å²) in [7, 11) is 3.15. The zero-order valence-corrected chi connectivity index (χ0v) is 23.8. The van der Waals surface area contributed by atoms with Gasteiger partial charge in [-0.25, -0.2) is 0 Å². The van der Waals surface area contributed by atoms with Crippen molar-refractivity contribution in [2.24, 2.45) is 5.92 Å². The zero-order valence-electron chi connectivity index (χ0n) is 23.0. The van der Waals surface area contributed by atoms with Gasteiger partial charge < -0.3 is 29.1 Å². The van der Waals surface area contributed by atoms with Crippen LogP contribution >= 0.6 is 11.6 Å². The molecule has 0 aliphatic carbocycles. The van der Waals surface area contributed by atoms with Gasteiger partial charge in [0.1, 0.15) is 23.6 Å². The highest BCUT2D eigenvalue weighted by atomic mass is 35.5. The first-order valence-electron chi connectivity index (χ1n) is 13.6. The van der Waals surface area contributed by atoms with Crippen LogP contribution in [0.15, 0.2) is 48.5 Å². The number of amides is 1. The average molecular weight is 578 g/mol. The first kappa shape index (κ1) is 28.5. The molecule has 10 heteroatoms. The number of methoxy groups -OCH3 is 2. The highest BCUT2D eigenvalue weighted by Crippen LogP contribution is 2.48. The van der Waals surface area contributed by atoms with Gasteiger partial charge in [0.25, 0.3) is 0 Å². The van der Waals surface area contributed by atoms with Gasteiger partial charge in [-0.05, 0) is 61.6 Å². The van der Waals surface area contributed by atoms with E-state index in [1.807, 2.05) is 45.9 Å². The minimum absolute atomic E-state index is 0.00574. The van der Waals surface area contributed by atoms with Crippen molar-refractivity contribution in [1.82, 2.24) is 9.47 Å². The largest absolute Gasteiger partial charge is 0.493 e. The third kappa shape index (κ3) is 5.76. The molecule has 0 spiro atoms. The number of aromatic nitrogens is 1. The molecule has 9 nitrogen and oxygen atoms in total. The summed E-state index contributed by atoms with van der Waals surface area (Å²) < 4.78 is 20.1. The number of carboxylic acid groups (broad SMARTS) is 1. The van der Waals surface area contributed by atoms with Crippen molar-refractivity contribution >= 4 is 29.3 Å². The van der Waals surface area contributed by atoms with E-state index in [2.05, 4.69) is 4.85 Å². The summed E-state index contributed by atoms with van der Waals surface area (Å²) in [6, 6.07) is 14.7.